The second-order valence-electron chi connectivity index (χ2n) is 5.38. The summed E-state index contributed by atoms with van der Waals surface area (Å²) in [6.07, 6.45) is 0.967. The fraction of sp³-hybridized carbons (Fsp3) is 0.200. The minimum atomic E-state index is 0. The van der Waals surface area contributed by atoms with Gasteiger partial charge in [0.15, 0.2) is 0 Å². The lowest BCUT2D eigenvalue weighted by Crippen LogP contribution is -2.17. The Morgan fingerprint density at radius 2 is 1.52 bits per heavy atom. The van der Waals surface area contributed by atoms with Crippen molar-refractivity contribution in [2.24, 2.45) is 0 Å². The van der Waals surface area contributed by atoms with Gasteiger partial charge in [-0.05, 0) is 40.9 Å². The standard InChI is InChI=1S/C20H21NO.ClH/c1-22-20-12-5-3-8-17(20)13-14-21-15-18-10-6-9-16-7-2-4-11-19(16)18;/h2-12,21H,13-15H2,1H3;1H. The van der Waals surface area contributed by atoms with Crippen LogP contribution in [-0.2, 0) is 13.0 Å². The average Bonchev–Trinajstić information content (AvgIpc) is 2.59. The number of benzene rings is 3. The molecule has 0 bridgehead atoms. The van der Waals surface area contributed by atoms with Crippen LogP contribution in [0.3, 0.4) is 0 Å². The van der Waals surface area contributed by atoms with Crippen LogP contribution in [0.4, 0.5) is 0 Å². The lowest BCUT2D eigenvalue weighted by atomic mass is 10.0. The Morgan fingerprint density at radius 1 is 0.826 bits per heavy atom. The molecular formula is C20H22ClNO. The molecule has 0 aliphatic heterocycles. The molecule has 0 fully saturated rings. The fourth-order valence-corrected chi connectivity index (χ4v) is 2.80. The molecule has 3 heteroatoms. The average molecular weight is 328 g/mol. The molecule has 0 aromatic heterocycles. The number of halogens is 1. The molecule has 3 rings (SSSR count). The SMILES string of the molecule is COc1ccccc1CCNCc1cccc2ccccc12.Cl. The van der Waals surface area contributed by atoms with Crippen molar-refractivity contribution in [3.63, 3.8) is 0 Å². The van der Waals surface area contributed by atoms with Crippen LogP contribution in [0.2, 0.25) is 0 Å². The van der Waals surface area contributed by atoms with Crippen LogP contribution in [0.15, 0.2) is 66.7 Å². The van der Waals surface area contributed by atoms with Crippen molar-refractivity contribution >= 4 is 23.2 Å². The van der Waals surface area contributed by atoms with Gasteiger partial charge in [0.2, 0.25) is 0 Å². The van der Waals surface area contributed by atoms with Gasteiger partial charge in [0.25, 0.3) is 0 Å². The van der Waals surface area contributed by atoms with E-state index < -0.39 is 0 Å². The summed E-state index contributed by atoms with van der Waals surface area (Å²) < 4.78 is 5.39. The summed E-state index contributed by atoms with van der Waals surface area (Å²) in [4.78, 5) is 0. The molecular weight excluding hydrogens is 306 g/mol. The summed E-state index contributed by atoms with van der Waals surface area (Å²) in [5.41, 5.74) is 2.59. The summed E-state index contributed by atoms with van der Waals surface area (Å²) in [5, 5.41) is 6.16. The quantitative estimate of drug-likeness (QED) is 0.668. The van der Waals surface area contributed by atoms with Gasteiger partial charge < -0.3 is 10.1 Å². The van der Waals surface area contributed by atoms with Gasteiger partial charge in [0.05, 0.1) is 7.11 Å². The van der Waals surface area contributed by atoms with Gasteiger partial charge in [0.1, 0.15) is 5.75 Å². The van der Waals surface area contributed by atoms with E-state index in [0.717, 1.165) is 25.3 Å². The number of hydrogen-bond donors (Lipinski definition) is 1. The van der Waals surface area contributed by atoms with Crippen LogP contribution >= 0.6 is 12.4 Å². The van der Waals surface area contributed by atoms with Crippen molar-refractivity contribution in [3.8, 4) is 5.75 Å². The third kappa shape index (κ3) is 4.25. The number of rotatable bonds is 6. The Balaban J connectivity index is 0.00000192. The van der Waals surface area contributed by atoms with Crippen molar-refractivity contribution in [2.75, 3.05) is 13.7 Å². The van der Waals surface area contributed by atoms with Crippen LogP contribution in [0.25, 0.3) is 10.8 Å². The van der Waals surface area contributed by atoms with Gasteiger partial charge in [-0.25, -0.2) is 0 Å². The molecule has 0 aliphatic rings. The zero-order chi connectivity index (χ0) is 15.2. The molecule has 2 nitrogen and oxygen atoms in total. The minimum Gasteiger partial charge on any atom is -0.496 e. The van der Waals surface area contributed by atoms with Crippen LogP contribution < -0.4 is 10.1 Å². The van der Waals surface area contributed by atoms with E-state index in [1.54, 1.807) is 7.11 Å². The Bertz CT molecular complexity index is 752. The van der Waals surface area contributed by atoms with Gasteiger partial charge in [-0.15, -0.1) is 12.4 Å². The van der Waals surface area contributed by atoms with Gasteiger partial charge in [-0.1, -0.05) is 60.7 Å². The number of hydrogen-bond acceptors (Lipinski definition) is 2. The van der Waals surface area contributed by atoms with E-state index >= 15 is 0 Å². The van der Waals surface area contributed by atoms with E-state index in [1.165, 1.54) is 21.9 Å². The maximum Gasteiger partial charge on any atom is 0.122 e. The van der Waals surface area contributed by atoms with Crippen LogP contribution in [-0.4, -0.2) is 13.7 Å². The highest BCUT2D eigenvalue weighted by Gasteiger charge is 2.02. The molecule has 0 heterocycles. The molecule has 0 radical (unpaired) electrons. The molecule has 0 saturated heterocycles. The largest absolute Gasteiger partial charge is 0.496 e. The fourth-order valence-electron chi connectivity index (χ4n) is 2.80. The summed E-state index contributed by atoms with van der Waals surface area (Å²) in [7, 11) is 1.72. The highest BCUT2D eigenvalue weighted by Crippen LogP contribution is 2.19. The van der Waals surface area contributed by atoms with Crippen molar-refractivity contribution < 1.29 is 4.74 Å². The molecule has 23 heavy (non-hydrogen) atoms. The van der Waals surface area contributed by atoms with Crippen LogP contribution in [0.5, 0.6) is 5.75 Å². The molecule has 0 unspecified atom stereocenters. The second-order valence-corrected chi connectivity index (χ2v) is 5.38. The highest BCUT2D eigenvalue weighted by molar-refractivity contribution is 5.85. The van der Waals surface area contributed by atoms with Gasteiger partial charge >= 0.3 is 0 Å². The third-order valence-corrected chi connectivity index (χ3v) is 3.96. The molecule has 0 spiro atoms. The summed E-state index contributed by atoms with van der Waals surface area (Å²) >= 11 is 0. The zero-order valence-electron chi connectivity index (χ0n) is 13.3. The Hall–Kier alpha value is -2.03. The van der Waals surface area contributed by atoms with Gasteiger partial charge in [0, 0.05) is 6.54 Å². The first kappa shape index (κ1) is 17.3. The van der Waals surface area contributed by atoms with Crippen molar-refractivity contribution in [1.29, 1.82) is 0 Å². The molecule has 0 atom stereocenters. The van der Waals surface area contributed by atoms with Gasteiger partial charge in [-0.2, -0.15) is 0 Å². The number of fused-ring (bicyclic) bond motifs is 1. The van der Waals surface area contributed by atoms with E-state index in [4.69, 9.17) is 4.74 Å². The summed E-state index contributed by atoms with van der Waals surface area (Å²) in [6.45, 7) is 1.82. The van der Waals surface area contributed by atoms with E-state index in [9.17, 15) is 0 Å². The minimum absolute atomic E-state index is 0. The monoisotopic (exact) mass is 327 g/mol. The highest BCUT2D eigenvalue weighted by atomic mass is 35.5. The normalized spacial score (nSPS) is 10.3. The predicted octanol–water partition coefficient (Wildman–Crippen LogP) is 4.60. The Morgan fingerprint density at radius 3 is 2.39 bits per heavy atom. The van der Waals surface area contributed by atoms with E-state index in [2.05, 4.69) is 59.9 Å². The van der Waals surface area contributed by atoms with E-state index in [-0.39, 0.29) is 12.4 Å². The smallest absolute Gasteiger partial charge is 0.122 e. The first-order chi connectivity index (χ1) is 10.9. The van der Waals surface area contributed by atoms with Crippen molar-refractivity contribution in [1.82, 2.24) is 5.32 Å². The Labute approximate surface area is 143 Å². The van der Waals surface area contributed by atoms with E-state index in [1.807, 2.05) is 12.1 Å². The van der Waals surface area contributed by atoms with Gasteiger partial charge in [-0.3, -0.25) is 0 Å². The molecule has 0 amide bonds. The molecule has 0 aliphatic carbocycles. The third-order valence-electron chi connectivity index (χ3n) is 3.96. The van der Waals surface area contributed by atoms with Crippen molar-refractivity contribution in [3.05, 3.63) is 77.9 Å². The second kappa shape index (κ2) is 8.56. The number of para-hydroxylation sites is 1. The molecule has 3 aromatic rings. The molecule has 120 valence electrons. The topological polar surface area (TPSA) is 21.3 Å². The molecule has 3 aromatic carbocycles. The number of ether oxygens (including phenoxy) is 1. The van der Waals surface area contributed by atoms with E-state index in [0.29, 0.717) is 0 Å². The number of nitrogens with one attached hydrogen (secondary N) is 1. The predicted molar refractivity (Wildman–Crippen MR) is 99.6 cm³/mol. The van der Waals surface area contributed by atoms with Crippen LogP contribution in [0, 0.1) is 0 Å². The molecule has 0 saturated carbocycles. The Kier molecular flexibility index (Phi) is 6.45. The summed E-state index contributed by atoms with van der Waals surface area (Å²) in [5.74, 6) is 0.967. The first-order valence-electron chi connectivity index (χ1n) is 7.68. The number of methoxy groups -OCH3 is 1. The van der Waals surface area contributed by atoms with Crippen LogP contribution in [0.1, 0.15) is 11.1 Å². The molecule has 1 N–H and O–H groups in total. The lowest BCUT2D eigenvalue weighted by Gasteiger charge is -2.10. The maximum absolute atomic E-state index is 5.39. The summed E-state index contributed by atoms with van der Waals surface area (Å²) in [6, 6.07) is 23.2. The first-order valence-corrected chi connectivity index (χ1v) is 7.68. The zero-order valence-corrected chi connectivity index (χ0v) is 14.1. The lowest BCUT2D eigenvalue weighted by molar-refractivity contribution is 0.409. The van der Waals surface area contributed by atoms with Crippen molar-refractivity contribution in [2.45, 2.75) is 13.0 Å². The maximum atomic E-state index is 5.39.